The number of halogens is 2. The summed E-state index contributed by atoms with van der Waals surface area (Å²) in [7, 11) is 1.57. The first-order valence-corrected chi connectivity index (χ1v) is 8.80. The number of anilines is 3. The number of ether oxygens (including phenoxy) is 2. The van der Waals surface area contributed by atoms with Crippen LogP contribution in [-0.2, 0) is 0 Å². The van der Waals surface area contributed by atoms with Gasteiger partial charge in [0.05, 0.1) is 12.8 Å². The molecule has 0 saturated heterocycles. The second-order valence-electron chi connectivity index (χ2n) is 5.88. The van der Waals surface area contributed by atoms with Crippen molar-refractivity contribution < 1.29 is 9.47 Å². The van der Waals surface area contributed by atoms with Crippen LogP contribution in [0.5, 0.6) is 17.4 Å². The van der Waals surface area contributed by atoms with Gasteiger partial charge in [-0.1, -0.05) is 23.2 Å². The van der Waals surface area contributed by atoms with Crippen molar-refractivity contribution >= 4 is 40.4 Å². The number of nitrogens with two attached hydrogens (primary N) is 1. The molecule has 0 aliphatic carbocycles. The predicted molar refractivity (Wildman–Crippen MR) is 109 cm³/mol. The SMILES string of the molecule is COc1ccc(Cl)cc1Nc1ncnc(Oc2cc(C)c(Cl)c(C)c2)c1N. The summed E-state index contributed by atoms with van der Waals surface area (Å²) in [4.78, 5) is 8.31. The minimum Gasteiger partial charge on any atom is -0.495 e. The first-order chi connectivity index (χ1) is 12.9. The molecular formula is C19H18Cl2N4O2. The van der Waals surface area contributed by atoms with Gasteiger partial charge in [-0.15, -0.1) is 0 Å². The van der Waals surface area contributed by atoms with Gasteiger partial charge < -0.3 is 20.5 Å². The lowest BCUT2D eigenvalue weighted by Gasteiger charge is -2.14. The van der Waals surface area contributed by atoms with Gasteiger partial charge in [0.15, 0.2) is 5.82 Å². The molecule has 0 bridgehead atoms. The first kappa shape index (κ1) is 19.1. The van der Waals surface area contributed by atoms with E-state index in [1.807, 2.05) is 26.0 Å². The summed E-state index contributed by atoms with van der Waals surface area (Å²) in [5, 5.41) is 4.36. The van der Waals surface area contributed by atoms with E-state index in [1.54, 1.807) is 25.3 Å². The van der Waals surface area contributed by atoms with Gasteiger partial charge in [0.2, 0.25) is 5.88 Å². The third kappa shape index (κ3) is 4.18. The Morgan fingerprint density at radius 1 is 1.04 bits per heavy atom. The third-order valence-electron chi connectivity index (χ3n) is 3.89. The molecule has 0 aliphatic rings. The molecule has 0 spiro atoms. The smallest absolute Gasteiger partial charge is 0.248 e. The first-order valence-electron chi connectivity index (χ1n) is 8.04. The van der Waals surface area contributed by atoms with E-state index in [-0.39, 0.29) is 11.6 Å². The zero-order valence-corrected chi connectivity index (χ0v) is 16.5. The fraction of sp³-hybridized carbons (Fsp3) is 0.158. The average Bonchev–Trinajstić information content (AvgIpc) is 2.63. The molecule has 0 saturated carbocycles. The maximum atomic E-state index is 6.20. The van der Waals surface area contributed by atoms with Gasteiger partial charge in [0.1, 0.15) is 23.5 Å². The molecule has 1 aromatic heterocycles. The number of hydrogen-bond donors (Lipinski definition) is 2. The van der Waals surface area contributed by atoms with Crippen LogP contribution in [-0.4, -0.2) is 17.1 Å². The molecule has 0 atom stereocenters. The number of nitrogen functional groups attached to an aromatic ring is 1. The fourth-order valence-electron chi connectivity index (χ4n) is 2.54. The zero-order valence-electron chi connectivity index (χ0n) is 15.0. The number of rotatable bonds is 5. The minimum atomic E-state index is 0.231. The largest absolute Gasteiger partial charge is 0.495 e. The lowest BCUT2D eigenvalue weighted by molar-refractivity contribution is 0.417. The number of nitrogens with one attached hydrogen (secondary N) is 1. The summed E-state index contributed by atoms with van der Waals surface area (Å²) in [6, 6.07) is 8.84. The number of nitrogens with zero attached hydrogens (tertiary/aromatic N) is 2. The molecule has 3 aromatic rings. The summed E-state index contributed by atoms with van der Waals surface area (Å²) < 4.78 is 11.2. The minimum absolute atomic E-state index is 0.231. The normalized spacial score (nSPS) is 10.6. The highest BCUT2D eigenvalue weighted by atomic mass is 35.5. The maximum absolute atomic E-state index is 6.20. The zero-order chi connectivity index (χ0) is 19.6. The number of hydrogen-bond acceptors (Lipinski definition) is 6. The summed E-state index contributed by atoms with van der Waals surface area (Å²) in [6.07, 6.45) is 1.36. The Morgan fingerprint density at radius 2 is 1.74 bits per heavy atom. The molecule has 0 aliphatic heterocycles. The molecule has 27 heavy (non-hydrogen) atoms. The van der Waals surface area contributed by atoms with Gasteiger partial charge in [-0.05, 0) is 55.3 Å². The molecular weight excluding hydrogens is 387 g/mol. The van der Waals surface area contributed by atoms with Crippen molar-refractivity contribution in [1.29, 1.82) is 0 Å². The van der Waals surface area contributed by atoms with Crippen LogP contribution >= 0.6 is 23.2 Å². The summed E-state index contributed by atoms with van der Waals surface area (Å²) >= 11 is 12.3. The van der Waals surface area contributed by atoms with Gasteiger partial charge >= 0.3 is 0 Å². The highest BCUT2D eigenvalue weighted by molar-refractivity contribution is 6.32. The molecule has 1 heterocycles. The number of benzene rings is 2. The molecule has 6 nitrogen and oxygen atoms in total. The Labute approximate surface area is 167 Å². The van der Waals surface area contributed by atoms with E-state index in [0.717, 1.165) is 11.1 Å². The Hall–Kier alpha value is -2.70. The summed E-state index contributed by atoms with van der Waals surface area (Å²) in [5.41, 5.74) is 8.89. The van der Waals surface area contributed by atoms with Crippen molar-refractivity contribution in [3.05, 3.63) is 57.8 Å². The van der Waals surface area contributed by atoms with Gasteiger partial charge in [0, 0.05) is 10.0 Å². The van der Waals surface area contributed by atoms with Crippen molar-refractivity contribution in [3.63, 3.8) is 0 Å². The molecule has 0 unspecified atom stereocenters. The second-order valence-corrected chi connectivity index (χ2v) is 6.70. The third-order valence-corrected chi connectivity index (χ3v) is 4.72. The van der Waals surface area contributed by atoms with E-state index >= 15 is 0 Å². The van der Waals surface area contributed by atoms with Crippen molar-refractivity contribution in [3.8, 4) is 17.4 Å². The Morgan fingerprint density at radius 3 is 2.41 bits per heavy atom. The van der Waals surface area contributed by atoms with E-state index < -0.39 is 0 Å². The van der Waals surface area contributed by atoms with E-state index in [1.165, 1.54) is 6.33 Å². The quantitative estimate of drug-likeness (QED) is 0.581. The molecule has 8 heteroatoms. The summed E-state index contributed by atoms with van der Waals surface area (Å²) in [6.45, 7) is 3.81. The topological polar surface area (TPSA) is 82.3 Å². The maximum Gasteiger partial charge on any atom is 0.248 e. The lowest BCUT2D eigenvalue weighted by Crippen LogP contribution is -2.04. The van der Waals surface area contributed by atoms with Gasteiger partial charge in [-0.3, -0.25) is 0 Å². The van der Waals surface area contributed by atoms with Crippen LogP contribution in [0.1, 0.15) is 11.1 Å². The molecule has 2 aromatic carbocycles. The van der Waals surface area contributed by atoms with Crippen molar-refractivity contribution in [2.45, 2.75) is 13.8 Å². The molecule has 0 radical (unpaired) electrons. The van der Waals surface area contributed by atoms with Crippen LogP contribution in [0.2, 0.25) is 10.0 Å². The standard InChI is InChI=1S/C19H18Cl2N4O2/c1-10-6-13(7-11(2)16(10)21)27-19-17(22)18(23-9-24-19)25-14-8-12(20)4-5-15(14)26-3/h4-9H,22H2,1-3H3,(H,23,24,25). The van der Waals surface area contributed by atoms with Crippen LogP contribution < -0.4 is 20.5 Å². The van der Waals surface area contributed by atoms with Crippen LogP contribution in [0.4, 0.5) is 17.2 Å². The molecule has 140 valence electrons. The monoisotopic (exact) mass is 404 g/mol. The van der Waals surface area contributed by atoms with Crippen LogP contribution in [0.15, 0.2) is 36.7 Å². The number of aromatic nitrogens is 2. The number of aryl methyl sites for hydroxylation is 2. The average molecular weight is 405 g/mol. The Balaban J connectivity index is 1.92. The van der Waals surface area contributed by atoms with E-state index in [2.05, 4.69) is 15.3 Å². The van der Waals surface area contributed by atoms with Crippen molar-refractivity contribution in [2.24, 2.45) is 0 Å². The summed E-state index contributed by atoms with van der Waals surface area (Å²) in [5.74, 6) is 1.80. The molecule has 3 N–H and O–H groups in total. The molecule has 0 fully saturated rings. The van der Waals surface area contributed by atoms with E-state index in [9.17, 15) is 0 Å². The van der Waals surface area contributed by atoms with Crippen LogP contribution in [0.25, 0.3) is 0 Å². The van der Waals surface area contributed by atoms with Gasteiger partial charge in [-0.2, -0.15) is 4.98 Å². The van der Waals surface area contributed by atoms with E-state index in [0.29, 0.717) is 33.0 Å². The Bertz CT molecular complexity index is 972. The fourth-order valence-corrected chi connectivity index (χ4v) is 2.82. The highest BCUT2D eigenvalue weighted by Crippen LogP contribution is 2.36. The van der Waals surface area contributed by atoms with Gasteiger partial charge in [-0.25, -0.2) is 4.98 Å². The van der Waals surface area contributed by atoms with Crippen LogP contribution in [0, 0.1) is 13.8 Å². The van der Waals surface area contributed by atoms with Crippen LogP contribution in [0.3, 0.4) is 0 Å². The Kier molecular flexibility index (Phi) is 5.58. The van der Waals surface area contributed by atoms with E-state index in [4.69, 9.17) is 38.4 Å². The lowest BCUT2D eigenvalue weighted by atomic mass is 10.1. The van der Waals surface area contributed by atoms with Crippen molar-refractivity contribution in [2.75, 3.05) is 18.2 Å². The highest BCUT2D eigenvalue weighted by Gasteiger charge is 2.14. The molecule has 3 rings (SSSR count). The predicted octanol–water partition coefficient (Wildman–Crippen LogP) is 5.53. The van der Waals surface area contributed by atoms with Crippen molar-refractivity contribution in [1.82, 2.24) is 9.97 Å². The number of methoxy groups -OCH3 is 1. The molecule has 0 amide bonds. The van der Waals surface area contributed by atoms with Gasteiger partial charge in [0.25, 0.3) is 0 Å². The second kappa shape index (κ2) is 7.90.